The minimum Gasteiger partial charge on any atom is -0.394 e. The third-order valence-corrected chi connectivity index (χ3v) is 5.52. The third-order valence-electron chi connectivity index (χ3n) is 5.52. The highest BCUT2D eigenvalue weighted by molar-refractivity contribution is 5.95. The van der Waals surface area contributed by atoms with Crippen molar-refractivity contribution in [2.75, 3.05) is 13.7 Å². The van der Waals surface area contributed by atoms with Crippen LogP contribution in [-0.4, -0.2) is 70.5 Å². The molecule has 1 aliphatic rings. The Morgan fingerprint density at radius 1 is 1.06 bits per heavy atom. The normalized spacial score (nSPS) is 26.5. The Balaban J connectivity index is 1.94. The number of hydrogen-bond acceptors (Lipinski definition) is 6. The van der Waals surface area contributed by atoms with Gasteiger partial charge in [-0.2, -0.15) is 8.78 Å². The number of hydrogen-bond donors (Lipinski definition) is 5. The summed E-state index contributed by atoms with van der Waals surface area (Å²) in [6.07, 6.45) is -9.27. The van der Waals surface area contributed by atoms with E-state index in [-0.39, 0.29) is 11.5 Å². The van der Waals surface area contributed by atoms with Crippen LogP contribution >= 0.6 is 0 Å². The van der Waals surface area contributed by atoms with Gasteiger partial charge in [0.2, 0.25) is 0 Å². The van der Waals surface area contributed by atoms with Gasteiger partial charge >= 0.3 is 5.92 Å². The molecule has 5 atom stereocenters. The van der Waals surface area contributed by atoms with Crippen molar-refractivity contribution < 1.29 is 38.7 Å². The first-order valence-electron chi connectivity index (χ1n) is 9.73. The molecule has 0 saturated carbocycles. The summed E-state index contributed by atoms with van der Waals surface area (Å²) >= 11 is 0. The molecule has 168 valence electrons. The van der Waals surface area contributed by atoms with Crippen molar-refractivity contribution in [1.82, 2.24) is 5.32 Å². The number of benzene rings is 2. The smallest absolute Gasteiger partial charge is 0.301 e. The molecule has 2 aromatic carbocycles. The standard InChI is InChI=1S/C22H25F2NO6/c1-11-8-13(12-4-3-5-14(9-12)21(30)25-2)6-7-15(11)22(23,24)20-19(29)18(28)17(27)16(10-26)31-20/h3-9,16-20,26-29H,10H2,1-2H3,(H,25,30)/t16-,17-,18+,19+,20+/m1/s1. The molecule has 0 unspecified atom stereocenters. The van der Waals surface area contributed by atoms with E-state index in [1.165, 1.54) is 32.2 Å². The molecule has 5 N–H and O–H groups in total. The molecule has 0 radical (unpaired) electrons. The molecule has 1 heterocycles. The Hall–Kier alpha value is -2.43. The van der Waals surface area contributed by atoms with Crippen molar-refractivity contribution in [2.45, 2.75) is 43.4 Å². The van der Waals surface area contributed by atoms with Crippen LogP contribution in [-0.2, 0) is 10.7 Å². The maximum absolute atomic E-state index is 15.3. The van der Waals surface area contributed by atoms with Crippen molar-refractivity contribution in [3.8, 4) is 11.1 Å². The first kappa shape index (κ1) is 23.2. The summed E-state index contributed by atoms with van der Waals surface area (Å²) in [4.78, 5) is 11.9. The summed E-state index contributed by atoms with van der Waals surface area (Å²) in [5.74, 6) is -4.00. The molecule has 2 aromatic rings. The quantitative estimate of drug-likeness (QED) is 0.475. The van der Waals surface area contributed by atoms with Crippen LogP contribution in [0.1, 0.15) is 21.5 Å². The van der Waals surface area contributed by atoms with Crippen LogP contribution in [0.25, 0.3) is 11.1 Å². The molecule has 0 aromatic heterocycles. The number of amides is 1. The number of aryl methyl sites for hydroxylation is 1. The summed E-state index contributed by atoms with van der Waals surface area (Å²) in [6, 6.07) is 10.9. The summed E-state index contributed by atoms with van der Waals surface area (Å²) in [6.45, 7) is 0.677. The lowest BCUT2D eigenvalue weighted by Crippen LogP contribution is -2.62. The Morgan fingerprint density at radius 3 is 2.35 bits per heavy atom. The second-order valence-corrected chi connectivity index (χ2v) is 7.56. The van der Waals surface area contributed by atoms with Crippen LogP contribution < -0.4 is 5.32 Å². The van der Waals surface area contributed by atoms with Crippen molar-refractivity contribution in [3.05, 3.63) is 59.2 Å². The summed E-state index contributed by atoms with van der Waals surface area (Å²) in [5, 5.41) is 41.6. The Labute approximate surface area is 177 Å². The average Bonchev–Trinajstić information content (AvgIpc) is 2.76. The van der Waals surface area contributed by atoms with Gasteiger partial charge in [0, 0.05) is 18.2 Å². The van der Waals surface area contributed by atoms with Crippen LogP contribution in [0.15, 0.2) is 42.5 Å². The van der Waals surface area contributed by atoms with Crippen LogP contribution in [0.5, 0.6) is 0 Å². The maximum atomic E-state index is 15.3. The number of nitrogens with one attached hydrogen (secondary N) is 1. The lowest BCUT2D eigenvalue weighted by Gasteiger charge is -2.43. The lowest BCUT2D eigenvalue weighted by molar-refractivity contribution is -0.284. The first-order valence-corrected chi connectivity index (χ1v) is 9.73. The van der Waals surface area contributed by atoms with Crippen molar-refractivity contribution in [1.29, 1.82) is 0 Å². The first-order chi connectivity index (χ1) is 14.6. The minimum absolute atomic E-state index is 0.199. The second-order valence-electron chi connectivity index (χ2n) is 7.56. The van der Waals surface area contributed by atoms with E-state index < -0.39 is 48.6 Å². The zero-order chi connectivity index (χ0) is 22.9. The van der Waals surface area contributed by atoms with Gasteiger partial charge in [0.05, 0.1) is 6.61 Å². The third kappa shape index (κ3) is 4.32. The Bertz CT molecular complexity index is 951. The van der Waals surface area contributed by atoms with Gasteiger partial charge in [0.15, 0.2) is 6.10 Å². The summed E-state index contributed by atoms with van der Waals surface area (Å²) < 4.78 is 35.7. The van der Waals surface area contributed by atoms with E-state index in [0.717, 1.165) is 0 Å². The molecule has 1 aliphatic heterocycles. The fraction of sp³-hybridized carbons (Fsp3) is 0.409. The molecule has 0 spiro atoms. The molecule has 1 saturated heterocycles. The highest BCUT2D eigenvalue weighted by atomic mass is 19.3. The van der Waals surface area contributed by atoms with Gasteiger partial charge in [-0.1, -0.05) is 30.3 Å². The molecule has 9 heteroatoms. The maximum Gasteiger partial charge on any atom is 0.301 e. The van der Waals surface area contributed by atoms with Gasteiger partial charge in [-0.15, -0.1) is 0 Å². The highest BCUT2D eigenvalue weighted by Crippen LogP contribution is 2.41. The number of ether oxygens (including phenoxy) is 1. The second kappa shape index (κ2) is 8.97. The SMILES string of the molecule is CNC(=O)c1cccc(-c2ccc(C(F)(F)[C@H]3O[C@H](CO)[C@@H](O)[C@H](O)[C@@H]3O)c(C)c2)c1. The fourth-order valence-electron chi connectivity index (χ4n) is 3.76. The van der Waals surface area contributed by atoms with Gasteiger partial charge in [-0.3, -0.25) is 4.79 Å². The monoisotopic (exact) mass is 437 g/mol. The van der Waals surface area contributed by atoms with Crippen LogP contribution in [0.4, 0.5) is 8.78 Å². The van der Waals surface area contributed by atoms with E-state index in [2.05, 4.69) is 5.32 Å². The van der Waals surface area contributed by atoms with E-state index in [4.69, 9.17) is 4.74 Å². The minimum atomic E-state index is -3.72. The average molecular weight is 437 g/mol. The van der Waals surface area contributed by atoms with E-state index in [1.807, 2.05) is 0 Å². The van der Waals surface area contributed by atoms with Gasteiger partial charge in [-0.25, -0.2) is 0 Å². The molecule has 7 nitrogen and oxygen atoms in total. The summed E-state index contributed by atoms with van der Waals surface area (Å²) in [5.41, 5.74) is 1.46. The predicted molar refractivity (Wildman–Crippen MR) is 108 cm³/mol. The van der Waals surface area contributed by atoms with Crippen molar-refractivity contribution in [2.24, 2.45) is 0 Å². The molecule has 3 rings (SSSR count). The van der Waals surface area contributed by atoms with Crippen LogP contribution in [0, 0.1) is 6.92 Å². The molecule has 0 bridgehead atoms. The number of carbonyl (C=O) groups excluding carboxylic acids is 1. The molecule has 0 aliphatic carbocycles. The van der Waals surface area contributed by atoms with Gasteiger partial charge in [0.25, 0.3) is 5.91 Å². The Morgan fingerprint density at radius 2 is 1.74 bits per heavy atom. The lowest BCUT2D eigenvalue weighted by atomic mass is 9.87. The van der Waals surface area contributed by atoms with Crippen molar-refractivity contribution in [3.63, 3.8) is 0 Å². The van der Waals surface area contributed by atoms with E-state index >= 15 is 8.78 Å². The van der Waals surface area contributed by atoms with Gasteiger partial charge in [0.1, 0.15) is 24.4 Å². The zero-order valence-electron chi connectivity index (χ0n) is 17.0. The number of rotatable bonds is 5. The largest absolute Gasteiger partial charge is 0.394 e. The number of alkyl halides is 2. The fourth-order valence-corrected chi connectivity index (χ4v) is 3.76. The predicted octanol–water partition coefficient (Wildman–Crippen LogP) is 0.956. The highest BCUT2D eigenvalue weighted by Gasteiger charge is 2.55. The summed E-state index contributed by atoms with van der Waals surface area (Å²) in [7, 11) is 1.51. The molecule has 1 amide bonds. The number of aliphatic hydroxyl groups excluding tert-OH is 4. The topological polar surface area (TPSA) is 119 Å². The van der Waals surface area contributed by atoms with Gasteiger partial charge < -0.3 is 30.5 Å². The Kier molecular flexibility index (Phi) is 6.73. The van der Waals surface area contributed by atoms with E-state index in [0.29, 0.717) is 16.7 Å². The van der Waals surface area contributed by atoms with Crippen LogP contribution in [0.2, 0.25) is 0 Å². The number of carbonyl (C=O) groups is 1. The van der Waals surface area contributed by atoms with Crippen molar-refractivity contribution >= 4 is 5.91 Å². The molecular formula is C22H25F2NO6. The molecule has 1 fully saturated rings. The van der Waals surface area contributed by atoms with E-state index in [1.54, 1.807) is 24.3 Å². The van der Waals surface area contributed by atoms with E-state index in [9.17, 15) is 25.2 Å². The van der Waals surface area contributed by atoms with Crippen LogP contribution in [0.3, 0.4) is 0 Å². The number of halogens is 2. The van der Waals surface area contributed by atoms with Gasteiger partial charge in [-0.05, 0) is 35.7 Å². The molecular weight excluding hydrogens is 412 g/mol. The molecule has 31 heavy (non-hydrogen) atoms. The zero-order valence-corrected chi connectivity index (χ0v) is 17.0. The number of aliphatic hydroxyl groups is 4.